The lowest BCUT2D eigenvalue weighted by Crippen LogP contribution is -2.15. The van der Waals surface area contributed by atoms with Crippen molar-refractivity contribution in [3.8, 4) is 11.5 Å². The van der Waals surface area contributed by atoms with E-state index >= 15 is 0 Å². The Balaban J connectivity index is 2.34. The van der Waals surface area contributed by atoms with Crippen LogP contribution in [0, 0.1) is 0 Å². The molecule has 0 aliphatic heterocycles. The van der Waals surface area contributed by atoms with Gasteiger partial charge in [-0.15, -0.1) is 0 Å². The average molecular weight is 286 g/mol. The Hall–Kier alpha value is -2.33. The molecule has 0 aliphatic rings. The van der Waals surface area contributed by atoms with Crippen LogP contribution in [0.3, 0.4) is 0 Å². The van der Waals surface area contributed by atoms with Gasteiger partial charge in [-0.1, -0.05) is 30.3 Å². The van der Waals surface area contributed by atoms with Gasteiger partial charge in [-0.3, -0.25) is 4.79 Å². The molecule has 4 heteroatoms. The molecule has 0 spiro atoms. The second-order valence-corrected chi connectivity index (χ2v) is 4.46. The van der Waals surface area contributed by atoms with Gasteiger partial charge in [0.2, 0.25) is 0 Å². The van der Waals surface area contributed by atoms with Crippen LogP contribution in [0.1, 0.15) is 22.0 Å². The summed E-state index contributed by atoms with van der Waals surface area (Å²) < 4.78 is 15.8. The third kappa shape index (κ3) is 3.23. The van der Waals surface area contributed by atoms with Crippen LogP contribution in [-0.4, -0.2) is 27.1 Å². The van der Waals surface area contributed by atoms with Gasteiger partial charge in [0.1, 0.15) is 6.10 Å². The maximum absolute atomic E-state index is 12.6. The summed E-state index contributed by atoms with van der Waals surface area (Å²) in [6.07, 6.45) is -0.635. The second-order valence-electron chi connectivity index (χ2n) is 4.46. The van der Waals surface area contributed by atoms with E-state index < -0.39 is 6.10 Å². The topological polar surface area (TPSA) is 44.8 Å². The number of hydrogen-bond acceptors (Lipinski definition) is 4. The fraction of sp³-hybridized carbons (Fsp3) is 0.235. The fourth-order valence-electron chi connectivity index (χ4n) is 2.16. The average Bonchev–Trinajstić information content (AvgIpc) is 2.55. The molecule has 21 heavy (non-hydrogen) atoms. The van der Waals surface area contributed by atoms with E-state index in [0.717, 1.165) is 5.56 Å². The Bertz CT molecular complexity index is 607. The zero-order valence-corrected chi connectivity index (χ0v) is 12.3. The van der Waals surface area contributed by atoms with Gasteiger partial charge in [0.05, 0.1) is 14.2 Å². The number of methoxy groups -OCH3 is 3. The molecule has 0 heterocycles. The molecule has 0 bridgehead atoms. The Labute approximate surface area is 124 Å². The van der Waals surface area contributed by atoms with Crippen LogP contribution >= 0.6 is 0 Å². The molecule has 1 unspecified atom stereocenters. The molecule has 0 saturated carbocycles. The summed E-state index contributed by atoms with van der Waals surface area (Å²) in [6, 6.07) is 14.5. The number of ketones is 1. The van der Waals surface area contributed by atoms with Crippen LogP contribution in [0.5, 0.6) is 11.5 Å². The highest BCUT2D eigenvalue weighted by molar-refractivity contribution is 6.00. The summed E-state index contributed by atoms with van der Waals surface area (Å²) in [5.41, 5.74) is 1.34. The van der Waals surface area contributed by atoms with Crippen molar-refractivity contribution in [2.45, 2.75) is 6.10 Å². The molecule has 0 N–H and O–H groups in total. The zero-order chi connectivity index (χ0) is 15.2. The van der Waals surface area contributed by atoms with E-state index in [-0.39, 0.29) is 5.78 Å². The van der Waals surface area contributed by atoms with Crippen molar-refractivity contribution in [1.29, 1.82) is 0 Å². The molecule has 2 aromatic rings. The van der Waals surface area contributed by atoms with Gasteiger partial charge >= 0.3 is 0 Å². The largest absolute Gasteiger partial charge is 0.493 e. The number of ether oxygens (including phenoxy) is 3. The Morgan fingerprint density at radius 3 is 2.14 bits per heavy atom. The van der Waals surface area contributed by atoms with E-state index in [1.54, 1.807) is 25.3 Å². The molecule has 2 aromatic carbocycles. The minimum Gasteiger partial charge on any atom is -0.493 e. The Morgan fingerprint density at radius 2 is 1.57 bits per heavy atom. The van der Waals surface area contributed by atoms with E-state index in [1.165, 1.54) is 14.2 Å². The van der Waals surface area contributed by atoms with Crippen molar-refractivity contribution in [3.05, 3.63) is 59.7 Å². The number of carbonyl (C=O) groups is 1. The van der Waals surface area contributed by atoms with Crippen molar-refractivity contribution in [2.24, 2.45) is 0 Å². The number of Topliss-reactive ketones (excluding diaryl/α,β-unsaturated/α-hetero) is 1. The van der Waals surface area contributed by atoms with Gasteiger partial charge < -0.3 is 14.2 Å². The first kappa shape index (κ1) is 15.1. The molecular formula is C17H18O4. The first-order chi connectivity index (χ1) is 10.2. The van der Waals surface area contributed by atoms with Gasteiger partial charge in [0, 0.05) is 12.7 Å². The molecule has 2 rings (SSSR count). The van der Waals surface area contributed by atoms with Gasteiger partial charge in [-0.05, 0) is 23.8 Å². The molecular weight excluding hydrogens is 268 g/mol. The second kappa shape index (κ2) is 6.90. The number of rotatable bonds is 6. The lowest BCUT2D eigenvalue weighted by Gasteiger charge is -2.16. The maximum Gasteiger partial charge on any atom is 0.196 e. The van der Waals surface area contributed by atoms with E-state index in [9.17, 15) is 4.79 Å². The SMILES string of the molecule is COc1ccc(C(=O)C(OC)c2ccccc2)cc1OC. The van der Waals surface area contributed by atoms with Gasteiger partial charge in [-0.2, -0.15) is 0 Å². The van der Waals surface area contributed by atoms with E-state index in [1.807, 2.05) is 30.3 Å². The highest BCUT2D eigenvalue weighted by Crippen LogP contribution is 2.30. The van der Waals surface area contributed by atoms with Crippen molar-refractivity contribution in [1.82, 2.24) is 0 Å². The monoisotopic (exact) mass is 286 g/mol. The summed E-state index contributed by atoms with van der Waals surface area (Å²) in [6.45, 7) is 0. The van der Waals surface area contributed by atoms with Gasteiger partial charge in [0.15, 0.2) is 17.3 Å². The standard InChI is InChI=1S/C17H18O4/c1-19-14-10-9-13(11-15(14)20-2)16(18)17(21-3)12-7-5-4-6-8-12/h4-11,17H,1-3H3. The zero-order valence-electron chi connectivity index (χ0n) is 12.3. The molecule has 0 aromatic heterocycles. The van der Waals surface area contributed by atoms with E-state index in [2.05, 4.69) is 0 Å². The van der Waals surface area contributed by atoms with E-state index in [4.69, 9.17) is 14.2 Å². The lowest BCUT2D eigenvalue weighted by atomic mass is 9.99. The molecule has 0 saturated heterocycles. The third-order valence-corrected chi connectivity index (χ3v) is 3.24. The van der Waals surface area contributed by atoms with Crippen LogP contribution in [0.15, 0.2) is 48.5 Å². The molecule has 0 fully saturated rings. The van der Waals surface area contributed by atoms with Crippen LogP contribution in [-0.2, 0) is 4.74 Å². The summed E-state index contributed by atoms with van der Waals surface area (Å²) in [4.78, 5) is 12.6. The first-order valence-corrected chi connectivity index (χ1v) is 6.55. The van der Waals surface area contributed by atoms with E-state index in [0.29, 0.717) is 17.1 Å². The van der Waals surface area contributed by atoms with Crippen LogP contribution in [0.4, 0.5) is 0 Å². The summed E-state index contributed by atoms with van der Waals surface area (Å²) in [7, 11) is 4.62. The van der Waals surface area contributed by atoms with Gasteiger partial charge in [0.25, 0.3) is 0 Å². The highest BCUT2D eigenvalue weighted by atomic mass is 16.5. The molecule has 0 amide bonds. The van der Waals surface area contributed by atoms with Crippen molar-refractivity contribution in [3.63, 3.8) is 0 Å². The Morgan fingerprint density at radius 1 is 0.905 bits per heavy atom. The fourth-order valence-corrected chi connectivity index (χ4v) is 2.16. The number of hydrogen-bond donors (Lipinski definition) is 0. The van der Waals surface area contributed by atoms with Crippen molar-refractivity contribution >= 4 is 5.78 Å². The summed E-state index contributed by atoms with van der Waals surface area (Å²) in [5.74, 6) is 0.985. The number of benzene rings is 2. The minimum absolute atomic E-state index is 0.121. The molecule has 4 nitrogen and oxygen atoms in total. The molecule has 110 valence electrons. The molecule has 0 aliphatic carbocycles. The quantitative estimate of drug-likeness (QED) is 0.764. The predicted molar refractivity (Wildman–Crippen MR) is 80.1 cm³/mol. The van der Waals surface area contributed by atoms with Gasteiger partial charge in [-0.25, -0.2) is 0 Å². The number of carbonyl (C=O) groups excluding carboxylic acids is 1. The van der Waals surface area contributed by atoms with Crippen molar-refractivity contribution in [2.75, 3.05) is 21.3 Å². The lowest BCUT2D eigenvalue weighted by molar-refractivity contribution is 0.0604. The van der Waals surface area contributed by atoms with Crippen LogP contribution in [0.25, 0.3) is 0 Å². The summed E-state index contributed by atoms with van der Waals surface area (Å²) in [5, 5.41) is 0. The minimum atomic E-state index is -0.635. The Kier molecular flexibility index (Phi) is 4.95. The van der Waals surface area contributed by atoms with Crippen molar-refractivity contribution < 1.29 is 19.0 Å². The third-order valence-electron chi connectivity index (χ3n) is 3.24. The molecule has 0 radical (unpaired) electrons. The predicted octanol–water partition coefficient (Wildman–Crippen LogP) is 3.27. The normalized spacial score (nSPS) is 11.8. The first-order valence-electron chi connectivity index (χ1n) is 6.55. The van der Waals surface area contributed by atoms with Crippen LogP contribution < -0.4 is 9.47 Å². The molecule has 1 atom stereocenters. The summed E-state index contributed by atoms with van der Waals surface area (Å²) >= 11 is 0. The maximum atomic E-state index is 12.6. The van der Waals surface area contributed by atoms with Crippen LogP contribution in [0.2, 0.25) is 0 Å². The smallest absolute Gasteiger partial charge is 0.196 e. The highest BCUT2D eigenvalue weighted by Gasteiger charge is 2.22.